The third kappa shape index (κ3) is 4.90. The average Bonchev–Trinajstić information content (AvgIpc) is 2.66. The predicted octanol–water partition coefficient (Wildman–Crippen LogP) is 3.15. The molecule has 1 amide bonds. The third-order valence-electron chi connectivity index (χ3n) is 4.80. The van der Waals surface area contributed by atoms with Gasteiger partial charge in [-0.2, -0.15) is 0 Å². The van der Waals surface area contributed by atoms with Crippen molar-refractivity contribution in [1.82, 2.24) is 9.88 Å². The largest absolute Gasteiger partial charge is 0.368 e. The molecule has 1 saturated heterocycles. The van der Waals surface area contributed by atoms with E-state index in [1.54, 1.807) is 0 Å². The van der Waals surface area contributed by atoms with Crippen molar-refractivity contribution in [2.75, 3.05) is 31.1 Å². The van der Waals surface area contributed by atoms with Gasteiger partial charge in [0.05, 0.1) is 0 Å². The monoisotopic (exact) mass is 369 g/mol. The van der Waals surface area contributed by atoms with Crippen molar-refractivity contribution in [3.63, 3.8) is 0 Å². The Morgan fingerprint density at radius 2 is 1.56 bits per heavy atom. The Balaban J connectivity index is 1.49. The van der Waals surface area contributed by atoms with Crippen LogP contribution in [0.4, 0.5) is 10.1 Å². The molecule has 6 heteroatoms. The van der Waals surface area contributed by atoms with Crippen LogP contribution in [0.5, 0.6) is 0 Å². The van der Waals surface area contributed by atoms with Crippen molar-refractivity contribution in [2.45, 2.75) is 26.7 Å². The van der Waals surface area contributed by atoms with Gasteiger partial charge < -0.3 is 9.80 Å². The Morgan fingerprint density at radius 1 is 0.963 bits per heavy atom. The number of ketones is 1. The van der Waals surface area contributed by atoms with Crippen molar-refractivity contribution in [3.05, 3.63) is 59.2 Å². The normalized spacial score (nSPS) is 14.3. The van der Waals surface area contributed by atoms with Crippen LogP contribution in [-0.2, 0) is 4.79 Å². The van der Waals surface area contributed by atoms with E-state index in [0.29, 0.717) is 18.7 Å². The summed E-state index contributed by atoms with van der Waals surface area (Å²) in [6.07, 6.45) is 0.330. The fourth-order valence-electron chi connectivity index (χ4n) is 3.37. The van der Waals surface area contributed by atoms with Crippen LogP contribution in [-0.4, -0.2) is 47.8 Å². The molecule has 0 N–H and O–H groups in total. The first-order valence-corrected chi connectivity index (χ1v) is 9.19. The average molecular weight is 369 g/mol. The molecule has 142 valence electrons. The van der Waals surface area contributed by atoms with Crippen LogP contribution in [0.25, 0.3) is 0 Å². The number of anilines is 1. The topological polar surface area (TPSA) is 53.5 Å². The minimum Gasteiger partial charge on any atom is -0.368 e. The van der Waals surface area contributed by atoms with Crippen LogP contribution in [0.1, 0.15) is 34.6 Å². The summed E-state index contributed by atoms with van der Waals surface area (Å²) in [6, 6.07) is 9.56. The van der Waals surface area contributed by atoms with Crippen molar-refractivity contribution in [1.29, 1.82) is 0 Å². The van der Waals surface area contributed by atoms with Gasteiger partial charge in [0.25, 0.3) is 0 Å². The summed E-state index contributed by atoms with van der Waals surface area (Å²) < 4.78 is 12.9. The standard InChI is InChI=1S/C21H24FN3O2/c1-15-13-19(14-16(2)23-15)24-9-11-25(12-10-24)21(27)8-7-20(26)17-3-5-18(22)6-4-17/h3-6,13-14H,7-12H2,1-2H3. The molecular formula is C21H24FN3O2. The SMILES string of the molecule is Cc1cc(N2CCN(C(=O)CCC(=O)c3ccc(F)cc3)CC2)cc(C)n1. The molecule has 1 aliphatic heterocycles. The molecule has 27 heavy (non-hydrogen) atoms. The molecule has 0 radical (unpaired) electrons. The van der Waals surface area contributed by atoms with Gasteiger partial charge in [-0.25, -0.2) is 4.39 Å². The maximum absolute atomic E-state index is 12.9. The number of piperazine rings is 1. The Hall–Kier alpha value is -2.76. The van der Waals surface area contributed by atoms with Gasteiger partial charge in [0.2, 0.25) is 5.91 Å². The van der Waals surface area contributed by atoms with Crippen molar-refractivity contribution < 1.29 is 14.0 Å². The van der Waals surface area contributed by atoms with E-state index < -0.39 is 0 Å². The van der Waals surface area contributed by atoms with E-state index in [-0.39, 0.29) is 30.3 Å². The number of carbonyl (C=O) groups excluding carboxylic acids is 2. The smallest absolute Gasteiger partial charge is 0.223 e. The highest BCUT2D eigenvalue weighted by atomic mass is 19.1. The van der Waals surface area contributed by atoms with E-state index in [1.165, 1.54) is 24.3 Å². The molecule has 0 bridgehead atoms. The number of hydrogen-bond acceptors (Lipinski definition) is 4. The summed E-state index contributed by atoms with van der Waals surface area (Å²) in [4.78, 5) is 33.0. The highest BCUT2D eigenvalue weighted by Gasteiger charge is 2.22. The molecule has 3 rings (SSSR count). The summed E-state index contributed by atoms with van der Waals surface area (Å²) in [5, 5.41) is 0. The molecule has 2 aromatic rings. The molecule has 0 spiro atoms. The first-order valence-electron chi connectivity index (χ1n) is 9.19. The lowest BCUT2D eigenvalue weighted by molar-refractivity contribution is -0.131. The van der Waals surface area contributed by atoms with Crippen LogP contribution in [0.3, 0.4) is 0 Å². The van der Waals surface area contributed by atoms with Gasteiger partial charge in [0, 0.05) is 61.7 Å². The third-order valence-corrected chi connectivity index (χ3v) is 4.80. The lowest BCUT2D eigenvalue weighted by Gasteiger charge is -2.36. The molecule has 0 saturated carbocycles. The summed E-state index contributed by atoms with van der Waals surface area (Å²) in [5.74, 6) is -0.517. The van der Waals surface area contributed by atoms with Crippen LogP contribution in [0.2, 0.25) is 0 Å². The minimum atomic E-state index is -0.375. The van der Waals surface area contributed by atoms with Crippen molar-refractivity contribution in [3.8, 4) is 0 Å². The van der Waals surface area contributed by atoms with E-state index in [0.717, 1.165) is 30.2 Å². The number of aromatic nitrogens is 1. The Labute approximate surface area is 158 Å². The summed E-state index contributed by atoms with van der Waals surface area (Å²) in [6.45, 7) is 6.78. The highest BCUT2D eigenvalue weighted by molar-refractivity contribution is 5.97. The van der Waals surface area contributed by atoms with E-state index in [4.69, 9.17) is 0 Å². The zero-order valence-corrected chi connectivity index (χ0v) is 15.7. The number of benzene rings is 1. The minimum absolute atomic E-state index is 0.00722. The highest BCUT2D eigenvalue weighted by Crippen LogP contribution is 2.19. The second-order valence-corrected chi connectivity index (χ2v) is 6.91. The molecule has 1 aromatic carbocycles. The summed E-state index contributed by atoms with van der Waals surface area (Å²) in [7, 11) is 0. The number of aryl methyl sites for hydroxylation is 2. The number of Topliss-reactive ketones (excluding diaryl/α,β-unsaturated/α-hetero) is 1. The van der Waals surface area contributed by atoms with E-state index in [2.05, 4.69) is 22.0 Å². The first-order chi connectivity index (χ1) is 12.9. The molecular weight excluding hydrogens is 345 g/mol. The zero-order valence-electron chi connectivity index (χ0n) is 15.7. The molecule has 2 heterocycles. The molecule has 5 nitrogen and oxygen atoms in total. The van der Waals surface area contributed by atoms with Crippen LogP contribution >= 0.6 is 0 Å². The van der Waals surface area contributed by atoms with Crippen molar-refractivity contribution in [2.24, 2.45) is 0 Å². The Bertz CT molecular complexity index is 808. The molecule has 0 atom stereocenters. The predicted molar refractivity (Wildman–Crippen MR) is 102 cm³/mol. The van der Waals surface area contributed by atoms with Gasteiger partial charge in [0.15, 0.2) is 5.78 Å². The number of pyridine rings is 1. The summed E-state index contributed by atoms with van der Waals surface area (Å²) in [5.41, 5.74) is 3.56. The van der Waals surface area contributed by atoms with Gasteiger partial charge in [-0.1, -0.05) is 0 Å². The number of rotatable bonds is 5. The maximum Gasteiger partial charge on any atom is 0.223 e. The van der Waals surface area contributed by atoms with Gasteiger partial charge in [-0.15, -0.1) is 0 Å². The van der Waals surface area contributed by atoms with Gasteiger partial charge in [0.1, 0.15) is 5.82 Å². The van der Waals surface area contributed by atoms with Gasteiger partial charge in [-0.3, -0.25) is 14.6 Å². The lowest BCUT2D eigenvalue weighted by atomic mass is 10.1. The molecule has 1 fully saturated rings. The molecule has 0 aliphatic carbocycles. The Morgan fingerprint density at radius 3 is 2.15 bits per heavy atom. The quantitative estimate of drug-likeness (QED) is 0.760. The fourth-order valence-corrected chi connectivity index (χ4v) is 3.37. The van der Waals surface area contributed by atoms with Gasteiger partial charge >= 0.3 is 0 Å². The number of halogens is 1. The number of carbonyl (C=O) groups is 2. The molecule has 1 aromatic heterocycles. The second kappa shape index (κ2) is 8.29. The van der Waals surface area contributed by atoms with Crippen molar-refractivity contribution >= 4 is 17.4 Å². The van der Waals surface area contributed by atoms with Crippen LogP contribution in [0, 0.1) is 19.7 Å². The van der Waals surface area contributed by atoms with Gasteiger partial charge in [-0.05, 0) is 50.2 Å². The van der Waals surface area contributed by atoms with Crippen LogP contribution in [0.15, 0.2) is 36.4 Å². The van der Waals surface area contributed by atoms with Crippen LogP contribution < -0.4 is 4.90 Å². The number of amides is 1. The van der Waals surface area contributed by atoms with E-state index in [9.17, 15) is 14.0 Å². The summed E-state index contributed by atoms with van der Waals surface area (Å²) >= 11 is 0. The lowest BCUT2D eigenvalue weighted by Crippen LogP contribution is -2.48. The maximum atomic E-state index is 12.9. The fraction of sp³-hybridized carbons (Fsp3) is 0.381. The number of nitrogens with zero attached hydrogens (tertiary/aromatic N) is 3. The first kappa shape index (κ1) is 19.0. The van der Waals surface area contributed by atoms with E-state index >= 15 is 0 Å². The molecule has 1 aliphatic rings. The van der Waals surface area contributed by atoms with E-state index in [1.807, 2.05) is 18.7 Å². The second-order valence-electron chi connectivity index (χ2n) is 6.91. The number of hydrogen-bond donors (Lipinski definition) is 0. The zero-order chi connectivity index (χ0) is 19.4. The molecule has 0 unspecified atom stereocenters. The Kier molecular flexibility index (Phi) is 5.84.